The van der Waals surface area contributed by atoms with Crippen LogP contribution >= 0.6 is 0 Å². The van der Waals surface area contributed by atoms with Gasteiger partial charge in [-0.2, -0.15) is 0 Å². The number of benzene rings is 1. The largest absolute Gasteiger partial charge is 0.329 e. The van der Waals surface area contributed by atoms with Crippen molar-refractivity contribution in [2.24, 2.45) is 0 Å². The van der Waals surface area contributed by atoms with Crippen LogP contribution in [-0.4, -0.2) is 69.8 Å². The molecule has 3 aliphatic heterocycles. The molecule has 1 aromatic carbocycles. The number of amides is 2. The molecule has 2 amide bonds. The smallest absolute Gasteiger partial charge is 0.247 e. The van der Waals surface area contributed by atoms with E-state index in [9.17, 15) is 9.59 Å². The molecule has 134 valence electrons. The predicted molar refractivity (Wildman–Crippen MR) is 97.3 cm³/mol. The van der Waals surface area contributed by atoms with Crippen LogP contribution < -0.4 is 0 Å². The summed E-state index contributed by atoms with van der Waals surface area (Å²) in [6.45, 7) is 3.52. The van der Waals surface area contributed by atoms with Crippen molar-refractivity contribution in [2.45, 2.75) is 31.5 Å². The van der Waals surface area contributed by atoms with Gasteiger partial charge in [0.2, 0.25) is 11.8 Å². The monoisotopic (exact) mass is 350 g/mol. The van der Waals surface area contributed by atoms with Crippen LogP contribution in [0.25, 0.3) is 10.9 Å². The molecule has 3 saturated heterocycles. The maximum absolute atomic E-state index is 12.9. The van der Waals surface area contributed by atoms with E-state index in [1.165, 1.54) is 5.56 Å². The molecule has 4 heterocycles. The van der Waals surface area contributed by atoms with E-state index >= 15 is 0 Å². The normalized spacial score (nSPS) is 26.3. The Morgan fingerprint density at radius 1 is 0.962 bits per heavy atom. The fourth-order valence-corrected chi connectivity index (χ4v) is 4.66. The summed E-state index contributed by atoms with van der Waals surface area (Å²) in [4.78, 5) is 36.1. The molecule has 6 nitrogen and oxygen atoms in total. The first kappa shape index (κ1) is 15.8. The zero-order valence-electron chi connectivity index (χ0n) is 14.7. The lowest BCUT2D eigenvalue weighted by molar-refractivity contribution is -0.163. The van der Waals surface area contributed by atoms with Crippen LogP contribution in [0.2, 0.25) is 0 Å². The van der Waals surface area contributed by atoms with Crippen molar-refractivity contribution in [2.75, 3.05) is 26.2 Å². The second-order valence-electron chi connectivity index (χ2n) is 7.46. The third-order valence-electron chi connectivity index (χ3n) is 5.96. The van der Waals surface area contributed by atoms with Gasteiger partial charge in [0.25, 0.3) is 0 Å². The minimum absolute atomic E-state index is 0.132. The first-order valence-electron chi connectivity index (χ1n) is 9.38. The Hall–Kier alpha value is -2.47. The zero-order chi connectivity index (χ0) is 17.7. The van der Waals surface area contributed by atoms with Gasteiger partial charge >= 0.3 is 0 Å². The number of fused-ring (bicyclic) bond motifs is 3. The summed E-state index contributed by atoms with van der Waals surface area (Å²) in [7, 11) is 0. The van der Waals surface area contributed by atoms with Crippen molar-refractivity contribution in [1.82, 2.24) is 19.7 Å². The highest BCUT2D eigenvalue weighted by atomic mass is 16.2. The number of carbonyl (C=O) groups excluding carboxylic acids is 2. The Morgan fingerprint density at radius 3 is 2.69 bits per heavy atom. The van der Waals surface area contributed by atoms with E-state index in [0.29, 0.717) is 13.1 Å². The Morgan fingerprint density at radius 2 is 1.77 bits per heavy atom. The van der Waals surface area contributed by atoms with Gasteiger partial charge < -0.3 is 9.80 Å². The van der Waals surface area contributed by atoms with Crippen LogP contribution in [0.4, 0.5) is 0 Å². The zero-order valence-corrected chi connectivity index (χ0v) is 14.7. The molecule has 0 spiro atoms. The number of pyridine rings is 1. The van der Waals surface area contributed by atoms with Gasteiger partial charge in [0, 0.05) is 44.3 Å². The van der Waals surface area contributed by atoms with Gasteiger partial charge in [0.1, 0.15) is 12.1 Å². The van der Waals surface area contributed by atoms with E-state index in [0.717, 1.165) is 43.4 Å². The summed E-state index contributed by atoms with van der Waals surface area (Å²) >= 11 is 0. The second-order valence-corrected chi connectivity index (χ2v) is 7.46. The van der Waals surface area contributed by atoms with E-state index in [1.807, 2.05) is 22.1 Å². The molecule has 0 N–H and O–H groups in total. The average Bonchev–Trinajstić information content (AvgIpc) is 3.17. The molecular weight excluding hydrogens is 328 g/mol. The van der Waals surface area contributed by atoms with Crippen LogP contribution in [0.15, 0.2) is 36.5 Å². The molecule has 3 fully saturated rings. The van der Waals surface area contributed by atoms with Crippen molar-refractivity contribution in [3.05, 3.63) is 42.1 Å². The molecule has 26 heavy (non-hydrogen) atoms. The van der Waals surface area contributed by atoms with Crippen molar-refractivity contribution < 1.29 is 9.59 Å². The second kappa shape index (κ2) is 6.06. The number of hydrogen-bond acceptors (Lipinski definition) is 4. The SMILES string of the molecule is O=C1C2CN(Cc3cccc4cccnc34)CCN2C(=O)C2CCCN12. The van der Waals surface area contributed by atoms with Gasteiger partial charge in [0.05, 0.1) is 5.52 Å². The maximum atomic E-state index is 12.9. The third kappa shape index (κ3) is 2.40. The summed E-state index contributed by atoms with van der Waals surface area (Å²) in [6, 6.07) is 9.72. The molecule has 5 rings (SSSR count). The van der Waals surface area contributed by atoms with Gasteiger partial charge in [-0.25, -0.2) is 0 Å². The lowest BCUT2D eigenvalue weighted by Gasteiger charge is -2.47. The molecule has 0 radical (unpaired) electrons. The van der Waals surface area contributed by atoms with Crippen LogP contribution in [-0.2, 0) is 16.1 Å². The Bertz CT molecular complexity index is 878. The lowest BCUT2D eigenvalue weighted by Crippen LogP contribution is -2.68. The fourth-order valence-electron chi connectivity index (χ4n) is 4.66. The van der Waals surface area contributed by atoms with Crippen LogP contribution in [0.3, 0.4) is 0 Å². The van der Waals surface area contributed by atoms with E-state index < -0.39 is 0 Å². The number of nitrogens with zero attached hydrogens (tertiary/aromatic N) is 4. The van der Waals surface area contributed by atoms with Gasteiger partial charge in [-0.15, -0.1) is 0 Å². The molecule has 2 unspecified atom stereocenters. The Balaban J connectivity index is 1.38. The van der Waals surface area contributed by atoms with E-state index in [1.54, 1.807) is 0 Å². The van der Waals surface area contributed by atoms with E-state index in [2.05, 4.69) is 34.1 Å². The molecule has 2 atom stereocenters. The highest BCUT2D eigenvalue weighted by Gasteiger charge is 2.49. The summed E-state index contributed by atoms with van der Waals surface area (Å²) in [6.07, 6.45) is 3.58. The molecule has 6 heteroatoms. The molecule has 0 saturated carbocycles. The lowest BCUT2D eigenvalue weighted by atomic mass is 10.0. The van der Waals surface area contributed by atoms with Crippen molar-refractivity contribution in [1.29, 1.82) is 0 Å². The first-order valence-corrected chi connectivity index (χ1v) is 9.38. The van der Waals surface area contributed by atoms with Crippen LogP contribution in [0, 0.1) is 0 Å². The molecular formula is C20H22N4O2. The first-order chi connectivity index (χ1) is 12.7. The molecule has 0 bridgehead atoms. The molecule has 2 aromatic rings. The quantitative estimate of drug-likeness (QED) is 0.818. The predicted octanol–water partition coefficient (Wildman–Crippen LogP) is 1.25. The summed E-state index contributed by atoms with van der Waals surface area (Å²) < 4.78 is 0. The van der Waals surface area contributed by atoms with Crippen molar-refractivity contribution in [3.63, 3.8) is 0 Å². The van der Waals surface area contributed by atoms with E-state index in [4.69, 9.17) is 0 Å². The minimum Gasteiger partial charge on any atom is -0.329 e. The van der Waals surface area contributed by atoms with Gasteiger partial charge in [-0.05, 0) is 24.5 Å². The standard InChI is InChI=1S/C20H22N4O2/c25-19-16-7-3-9-23(16)20(26)17-13-22(10-11-24(17)19)12-15-5-1-4-14-6-2-8-21-18(14)15/h1-2,4-6,8,16-17H,3,7,9-13H2. The number of hydrogen-bond donors (Lipinski definition) is 0. The fraction of sp³-hybridized carbons (Fsp3) is 0.450. The molecule has 0 aliphatic carbocycles. The van der Waals surface area contributed by atoms with Gasteiger partial charge in [-0.3, -0.25) is 19.5 Å². The number of aromatic nitrogens is 1. The molecule has 3 aliphatic rings. The maximum Gasteiger partial charge on any atom is 0.247 e. The van der Waals surface area contributed by atoms with Gasteiger partial charge in [-0.1, -0.05) is 24.3 Å². The minimum atomic E-state index is -0.325. The Labute approximate surface area is 152 Å². The number of carbonyl (C=O) groups is 2. The van der Waals surface area contributed by atoms with Crippen LogP contribution in [0.1, 0.15) is 18.4 Å². The topological polar surface area (TPSA) is 56.8 Å². The summed E-state index contributed by atoms with van der Waals surface area (Å²) in [5.41, 5.74) is 2.19. The highest BCUT2D eigenvalue weighted by Crippen LogP contribution is 2.29. The third-order valence-corrected chi connectivity index (χ3v) is 5.96. The highest BCUT2D eigenvalue weighted by molar-refractivity contribution is 5.97. The average molecular weight is 350 g/mol. The molecule has 1 aromatic heterocycles. The van der Waals surface area contributed by atoms with Crippen molar-refractivity contribution >= 4 is 22.7 Å². The van der Waals surface area contributed by atoms with Gasteiger partial charge in [0.15, 0.2) is 0 Å². The number of para-hydroxylation sites is 1. The van der Waals surface area contributed by atoms with Crippen LogP contribution in [0.5, 0.6) is 0 Å². The summed E-state index contributed by atoms with van der Waals surface area (Å²) in [5.74, 6) is 0.284. The van der Waals surface area contributed by atoms with Crippen molar-refractivity contribution in [3.8, 4) is 0 Å². The Kier molecular flexibility index (Phi) is 3.67. The number of rotatable bonds is 2. The summed E-state index contributed by atoms with van der Waals surface area (Å²) in [5, 5.41) is 1.13. The number of piperazine rings is 2. The van der Waals surface area contributed by atoms with E-state index in [-0.39, 0.29) is 23.9 Å².